The van der Waals surface area contributed by atoms with Gasteiger partial charge in [-0.1, -0.05) is 30.3 Å². The summed E-state index contributed by atoms with van der Waals surface area (Å²) in [6.07, 6.45) is 2.74. The molecule has 0 saturated carbocycles. The van der Waals surface area contributed by atoms with Crippen molar-refractivity contribution < 1.29 is 14.6 Å². The van der Waals surface area contributed by atoms with Crippen LogP contribution in [0.15, 0.2) is 30.3 Å². The van der Waals surface area contributed by atoms with E-state index < -0.39 is 5.60 Å². The molecule has 2 aliphatic heterocycles. The molecule has 0 amide bonds. The molecule has 2 heterocycles. The highest BCUT2D eigenvalue weighted by Crippen LogP contribution is 2.43. The Morgan fingerprint density at radius 1 is 1.26 bits per heavy atom. The van der Waals surface area contributed by atoms with Gasteiger partial charge < -0.3 is 14.6 Å². The summed E-state index contributed by atoms with van der Waals surface area (Å²) in [6, 6.07) is 9.96. The Hall–Kier alpha value is -0.900. The van der Waals surface area contributed by atoms with E-state index in [0.717, 1.165) is 38.0 Å². The van der Waals surface area contributed by atoms with Crippen molar-refractivity contribution >= 4 is 0 Å². The quantitative estimate of drug-likeness (QED) is 0.890. The van der Waals surface area contributed by atoms with E-state index >= 15 is 0 Å². The number of aliphatic hydroxyl groups is 1. The number of ether oxygens (including phenoxy) is 2. The minimum Gasteiger partial charge on any atom is -0.385 e. The van der Waals surface area contributed by atoms with Crippen LogP contribution in [0, 0.1) is 5.92 Å². The van der Waals surface area contributed by atoms with Gasteiger partial charge >= 0.3 is 0 Å². The average molecular weight is 262 g/mol. The van der Waals surface area contributed by atoms with Crippen molar-refractivity contribution in [3.8, 4) is 0 Å². The molecule has 1 aromatic carbocycles. The van der Waals surface area contributed by atoms with Gasteiger partial charge in [-0.2, -0.15) is 0 Å². The molecular formula is C16H22O3. The molecule has 3 unspecified atom stereocenters. The molecule has 2 aliphatic rings. The van der Waals surface area contributed by atoms with Gasteiger partial charge in [-0.05, 0) is 31.2 Å². The van der Waals surface area contributed by atoms with Crippen LogP contribution in [0.4, 0.5) is 0 Å². The van der Waals surface area contributed by atoms with Gasteiger partial charge in [-0.25, -0.2) is 0 Å². The smallest absolute Gasteiger partial charge is 0.0940 e. The molecule has 0 bridgehead atoms. The first-order valence-corrected chi connectivity index (χ1v) is 7.12. The van der Waals surface area contributed by atoms with Crippen LogP contribution in [-0.4, -0.2) is 30.5 Å². The Morgan fingerprint density at radius 3 is 2.74 bits per heavy atom. The maximum absolute atomic E-state index is 11.0. The van der Waals surface area contributed by atoms with Gasteiger partial charge in [0, 0.05) is 19.6 Å². The third kappa shape index (κ3) is 2.42. The van der Waals surface area contributed by atoms with E-state index in [9.17, 15) is 5.11 Å². The fourth-order valence-corrected chi connectivity index (χ4v) is 3.38. The van der Waals surface area contributed by atoms with Crippen molar-refractivity contribution in [1.29, 1.82) is 0 Å². The molecule has 0 aromatic heterocycles. The van der Waals surface area contributed by atoms with Crippen molar-refractivity contribution in [1.82, 2.24) is 0 Å². The summed E-state index contributed by atoms with van der Waals surface area (Å²) in [7, 11) is 0. The van der Waals surface area contributed by atoms with Crippen LogP contribution >= 0.6 is 0 Å². The van der Waals surface area contributed by atoms with Gasteiger partial charge in [0.05, 0.1) is 17.8 Å². The third-order valence-electron chi connectivity index (χ3n) is 4.71. The molecule has 3 heteroatoms. The normalized spacial score (nSPS) is 34.3. The van der Waals surface area contributed by atoms with E-state index in [4.69, 9.17) is 9.47 Å². The molecule has 3 rings (SSSR count). The van der Waals surface area contributed by atoms with Crippen LogP contribution in [0.5, 0.6) is 0 Å². The Bertz CT molecular complexity index is 421. The SMILES string of the molecule is CC(O)(c1ccccc1)C1CCOC2(CCOC2)C1. The molecule has 0 aliphatic carbocycles. The molecule has 1 aromatic rings. The van der Waals surface area contributed by atoms with Gasteiger partial charge in [0.25, 0.3) is 0 Å². The third-order valence-corrected chi connectivity index (χ3v) is 4.71. The Balaban J connectivity index is 1.81. The second kappa shape index (κ2) is 4.89. The van der Waals surface area contributed by atoms with Crippen LogP contribution in [0.1, 0.15) is 31.7 Å². The monoisotopic (exact) mass is 262 g/mol. The van der Waals surface area contributed by atoms with Gasteiger partial charge in [0.1, 0.15) is 0 Å². The lowest BCUT2D eigenvalue weighted by Gasteiger charge is -2.43. The highest BCUT2D eigenvalue weighted by Gasteiger charge is 2.46. The summed E-state index contributed by atoms with van der Waals surface area (Å²) in [6.45, 7) is 4.10. The van der Waals surface area contributed by atoms with Crippen LogP contribution in [0.2, 0.25) is 0 Å². The zero-order chi connectivity index (χ0) is 13.3. The molecule has 0 radical (unpaired) electrons. The summed E-state index contributed by atoms with van der Waals surface area (Å²) in [5, 5.41) is 11.0. The van der Waals surface area contributed by atoms with E-state index in [1.54, 1.807) is 0 Å². The van der Waals surface area contributed by atoms with Crippen molar-refractivity contribution in [2.24, 2.45) is 5.92 Å². The first-order valence-electron chi connectivity index (χ1n) is 7.12. The van der Waals surface area contributed by atoms with Crippen LogP contribution < -0.4 is 0 Å². The summed E-state index contributed by atoms with van der Waals surface area (Å²) in [4.78, 5) is 0. The summed E-state index contributed by atoms with van der Waals surface area (Å²) >= 11 is 0. The lowest BCUT2D eigenvalue weighted by Crippen LogP contribution is -2.46. The fraction of sp³-hybridized carbons (Fsp3) is 0.625. The average Bonchev–Trinajstić information content (AvgIpc) is 2.88. The van der Waals surface area contributed by atoms with Gasteiger partial charge in [0.2, 0.25) is 0 Å². The zero-order valence-corrected chi connectivity index (χ0v) is 11.5. The van der Waals surface area contributed by atoms with Gasteiger partial charge in [-0.3, -0.25) is 0 Å². The highest BCUT2D eigenvalue weighted by atomic mass is 16.6. The molecule has 2 fully saturated rings. The van der Waals surface area contributed by atoms with E-state index in [2.05, 4.69) is 0 Å². The standard InChI is InChI=1S/C16H22O3/c1-15(17,13-5-3-2-4-6-13)14-7-9-19-16(11-14)8-10-18-12-16/h2-6,14,17H,7-12H2,1H3. The molecule has 19 heavy (non-hydrogen) atoms. The van der Waals surface area contributed by atoms with Crippen molar-refractivity contribution in [2.45, 2.75) is 37.4 Å². The Labute approximate surface area is 114 Å². The first-order chi connectivity index (χ1) is 9.12. The first kappa shape index (κ1) is 13.1. The number of benzene rings is 1. The van der Waals surface area contributed by atoms with Crippen LogP contribution in [-0.2, 0) is 15.1 Å². The molecule has 1 spiro atoms. The fourth-order valence-electron chi connectivity index (χ4n) is 3.38. The minimum absolute atomic E-state index is 0.151. The zero-order valence-electron chi connectivity index (χ0n) is 11.5. The largest absolute Gasteiger partial charge is 0.385 e. The highest BCUT2D eigenvalue weighted by molar-refractivity contribution is 5.23. The summed E-state index contributed by atoms with van der Waals surface area (Å²) in [5.74, 6) is 0.227. The van der Waals surface area contributed by atoms with Crippen LogP contribution in [0.25, 0.3) is 0 Å². The Morgan fingerprint density at radius 2 is 2.05 bits per heavy atom. The van der Waals surface area contributed by atoms with Crippen molar-refractivity contribution in [3.63, 3.8) is 0 Å². The Kier molecular flexibility index (Phi) is 3.37. The number of hydrogen-bond donors (Lipinski definition) is 1. The molecule has 3 nitrogen and oxygen atoms in total. The number of rotatable bonds is 2. The van der Waals surface area contributed by atoms with E-state index in [1.807, 2.05) is 37.3 Å². The molecule has 2 saturated heterocycles. The molecule has 1 N–H and O–H groups in total. The molecule has 3 atom stereocenters. The topological polar surface area (TPSA) is 38.7 Å². The lowest BCUT2D eigenvalue weighted by molar-refractivity contribution is -0.140. The maximum atomic E-state index is 11.0. The van der Waals surface area contributed by atoms with Crippen molar-refractivity contribution in [2.75, 3.05) is 19.8 Å². The maximum Gasteiger partial charge on any atom is 0.0940 e. The molecule has 104 valence electrons. The lowest BCUT2D eigenvalue weighted by atomic mass is 9.73. The predicted octanol–water partition coefficient (Wildman–Crippen LogP) is 2.48. The second-order valence-electron chi connectivity index (χ2n) is 6.04. The summed E-state index contributed by atoms with van der Waals surface area (Å²) in [5.41, 5.74) is 0.0541. The minimum atomic E-state index is -0.791. The van der Waals surface area contributed by atoms with E-state index in [-0.39, 0.29) is 11.5 Å². The second-order valence-corrected chi connectivity index (χ2v) is 6.04. The van der Waals surface area contributed by atoms with E-state index in [0.29, 0.717) is 6.61 Å². The molecular weight excluding hydrogens is 240 g/mol. The van der Waals surface area contributed by atoms with Crippen LogP contribution in [0.3, 0.4) is 0 Å². The van der Waals surface area contributed by atoms with Gasteiger partial charge in [-0.15, -0.1) is 0 Å². The van der Waals surface area contributed by atoms with Crippen molar-refractivity contribution in [3.05, 3.63) is 35.9 Å². The predicted molar refractivity (Wildman–Crippen MR) is 72.9 cm³/mol. The number of hydrogen-bond acceptors (Lipinski definition) is 3. The van der Waals surface area contributed by atoms with E-state index in [1.165, 1.54) is 0 Å². The van der Waals surface area contributed by atoms with Gasteiger partial charge in [0.15, 0.2) is 0 Å². The summed E-state index contributed by atoms with van der Waals surface area (Å²) < 4.78 is 11.4.